The van der Waals surface area contributed by atoms with Gasteiger partial charge in [0, 0.05) is 17.7 Å². The van der Waals surface area contributed by atoms with Gasteiger partial charge < -0.3 is 20.3 Å². The molecule has 1 aliphatic rings. The van der Waals surface area contributed by atoms with E-state index in [4.69, 9.17) is 15.2 Å². The average molecular weight is 406 g/mol. The van der Waals surface area contributed by atoms with Gasteiger partial charge in [-0.2, -0.15) is 0 Å². The van der Waals surface area contributed by atoms with Gasteiger partial charge in [0.25, 0.3) is 0 Å². The fraction of sp³-hybridized carbons (Fsp3) is 0.348. The van der Waals surface area contributed by atoms with Crippen LogP contribution in [0.15, 0.2) is 55.0 Å². The highest BCUT2D eigenvalue weighted by Gasteiger charge is 2.27. The van der Waals surface area contributed by atoms with Crippen molar-refractivity contribution in [2.45, 2.75) is 50.9 Å². The molecule has 7 heteroatoms. The predicted octanol–water partition coefficient (Wildman–Crippen LogP) is 3.74. The summed E-state index contributed by atoms with van der Waals surface area (Å²) in [5, 5.41) is 9.48. The van der Waals surface area contributed by atoms with Crippen molar-refractivity contribution in [3.05, 3.63) is 72.1 Å². The molecule has 1 saturated carbocycles. The van der Waals surface area contributed by atoms with E-state index in [1.165, 1.54) is 0 Å². The van der Waals surface area contributed by atoms with Crippen LogP contribution >= 0.6 is 0 Å². The number of rotatable bonds is 7. The van der Waals surface area contributed by atoms with Crippen molar-refractivity contribution < 1.29 is 14.6 Å². The lowest BCUT2D eigenvalue weighted by molar-refractivity contribution is 0.100. The summed E-state index contributed by atoms with van der Waals surface area (Å²) in [6.45, 7) is 3.74. The predicted molar refractivity (Wildman–Crippen MR) is 113 cm³/mol. The summed E-state index contributed by atoms with van der Waals surface area (Å²) in [6, 6.07) is 12.1. The maximum Gasteiger partial charge on any atom is 0.164 e. The van der Waals surface area contributed by atoms with E-state index in [9.17, 15) is 5.11 Å². The number of hydrogen-bond donors (Lipinski definition) is 2. The molecule has 2 atom stereocenters. The molecule has 0 saturated heterocycles. The van der Waals surface area contributed by atoms with Crippen LogP contribution in [0.3, 0.4) is 0 Å². The zero-order valence-corrected chi connectivity index (χ0v) is 17.1. The third-order valence-corrected chi connectivity index (χ3v) is 5.27. The number of aliphatic hydroxyl groups excluding tert-OH is 1. The largest absolute Gasteiger partial charge is 0.489 e. The van der Waals surface area contributed by atoms with Crippen molar-refractivity contribution >= 4 is 0 Å². The molecular weight excluding hydrogens is 380 g/mol. The summed E-state index contributed by atoms with van der Waals surface area (Å²) in [5.41, 5.74) is 7.91. The summed E-state index contributed by atoms with van der Waals surface area (Å²) in [7, 11) is 0. The first-order valence-corrected chi connectivity index (χ1v) is 10.1. The quantitative estimate of drug-likeness (QED) is 0.616. The van der Waals surface area contributed by atoms with Gasteiger partial charge in [-0.25, -0.2) is 9.97 Å². The summed E-state index contributed by atoms with van der Waals surface area (Å²) in [6.07, 6.45) is 6.21. The normalized spacial score (nSPS) is 20.1. The average Bonchev–Trinajstić information content (AvgIpc) is 2.74. The number of benzene rings is 1. The van der Waals surface area contributed by atoms with Crippen LogP contribution in [0.5, 0.6) is 17.2 Å². The molecule has 2 heterocycles. The minimum Gasteiger partial charge on any atom is -0.489 e. The Morgan fingerprint density at radius 1 is 0.900 bits per heavy atom. The summed E-state index contributed by atoms with van der Waals surface area (Å²) < 4.78 is 11.7. The third-order valence-electron chi connectivity index (χ3n) is 5.27. The number of nitrogens with two attached hydrogens (primary N) is 1. The van der Waals surface area contributed by atoms with Crippen LogP contribution < -0.4 is 15.2 Å². The molecule has 30 heavy (non-hydrogen) atoms. The van der Waals surface area contributed by atoms with Crippen molar-refractivity contribution in [1.82, 2.24) is 15.0 Å². The molecule has 0 radical (unpaired) electrons. The van der Waals surface area contributed by atoms with E-state index in [-0.39, 0.29) is 18.1 Å². The van der Waals surface area contributed by atoms with E-state index in [0.717, 1.165) is 29.8 Å². The van der Waals surface area contributed by atoms with Gasteiger partial charge in [-0.15, -0.1) is 0 Å². The Kier molecular flexibility index (Phi) is 5.92. The zero-order valence-electron chi connectivity index (χ0n) is 17.1. The lowest BCUT2D eigenvalue weighted by atomic mass is 9.90. The minimum atomic E-state index is -0.703. The molecule has 0 aliphatic heterocycles. The van der Waals surface area contributed by atoms with E-state index >= 15 is 0 Å². The SMILES string of the molecule is CC(O)c1ncc(Oc2ccc(C(C)c3ccc(O[C@H]4C[C@H](N)C4)cn3)cc2)cn1. The Balaban J connectivity index is 1.37. The van der Waals surface area contributed by atoms with E-state index in [2.05, 4.69) is 21.9 Å². The van der Waals surface area contributed by atoms with Gasteiger partial charge in [0.05, 0.1) is 18.6 Å². The van der Waals surface area contributed by atoms with Gasteiger partial charge in [-0.1, -0.05) is 19.1 Å². The molecule has 3 N–H and O–H groups in total. The highest BCUT2D eigenvalue weighted by atomic mass is 16.5. The molecule has 1 aromatic carbocycles. The van der Waals surface area contributed by atoms with Crippen molar-refractivity contribution in [2.75, 3.05) is 0 Å². The maximum absolute atomic E-state index is 9.48. The van der Waals surface area contributed by atoms with Crippen LogP contribution in [0, 0.1) is 0 Å². The van der Waals surface area contributed by atoms with E-state index < -0.39 is 6.10 Å². The Morgan fingerprint density at radius 3 is 2.10 bits per heavy atom. The number of hydrogen-bond acceptors (Lipinski definition) is 7. The lowest BCUT2D eigenvalue weighted by Gasteiger charge is -2.32. The van der Waals surface area contributed by atoms with Gasteiger partial charge in [-0.3, -0.25) is 4.98 Å². The van der Waals surface area contributed by atoms with Crippen molar-refractivity contribution in [1.29, 1.82) is 0 Å². The van der Waals surface area contributed by atoms with Crippen LogP contribution in [-0.4, -0.2) is 32.2 Å². The van der Waals surface area contributed by atoms with Crippen molar-refractivity contribution in [3.63, 3.8) is 0 Å². The number of pyridine rings is 1. The first-order valence-electron chi connectivity index (χ1n) is 10.1. The fourth-order valence-electron chi connectivity index (χ4n) is 3.34. The third kappa shape index (κ3) is 4.75. The van der Waals surface area contributed by atoms with Gasteiger partial charge in [0.1, 0.15) is 23.7 Å². The Morgan fingerprint density at radius 2 is 1.53 bits per heavy atom. The summed E-state index contributed by atoms with van der Waals surface area (Å²) in [4.78, 5) is 12.7. The molecule has 2 unspecified atom stereocenters. The van der Waals surface area contributed by atoms with Crippen LogP contribution in [0.4, 0.5) is 0 Å². The van der Waals surface area contributed by atoms with Crippen molar-refractivity contribution in [2.24, 2.45) is 5.73 Å². The molecule has 0 amide bonds. The second-order valence-corrected chi connectivity index (χ2v) is 7.74. The van der Waals surface area contributed by atoms with Crippen LogP contribution in [0.2, 0.25) is 0 Å². The standard InChI is InChI=1S/C23H26N4O3/c1-14(22-8-7-19(11-25-22)30-20-9-17(24)10-20)16-3-5-18(6-4-16)29-21-12-26-23(15(2)28)27-13-21/h3-8,11-15,17,20,28H,9-10,24H2,1-2H3/t14?,15?,17-,20-. The van der Waals surface area contributed by atoms with Crippen molar-refractivity contribution in [3.8, 4) is 17.2 Å². The number of aliphatic hydroxyl groups is 1. The maximum atomic E-state index is 9.48. The smallest absolute Gasteiger partial charge is 0.164 e. The first-order chi connectivity index (χ1) is 14.5. The highest BCUT2D eigenvalue weighted by Crippen LogP contribution is 2.29. The minimum absolute atomic E-state index is 0.138. The van der Waals surface area contributed by atoms with E-state index in [1.54, 1.807) is 25.5 Å². The van der Waals surface area contributed by atoms with Gasteiger partial charge in [0.2, 0.25) is 0 Å². The molecule has 4 rings (SSSR count). The molecule has 1 fully saturated rings. The fourth-order valence-corrected chi connectivity index (χ4v) is 3.34. The van der Waals surface area contributed by atoms with E-state index in [1.807, 2.05) is 36.4 Å². The molecular formula is C23H26N4O3. The first kappa shape index (κ1) is 20.3. The number of ether oxygens (including phenoxy) is 2. The van der Waals surface area contributed by atoms with Gasteiger partial charge in [0.15, 0.2) is 11.6 Å². The molecule has 1 aliphatic carbocycles. The van der Waals surface area contributed by atoms with Gasteiger partial charge >= 0.3 is 0 Å². The Bertz CT molecular complexity index is 953. The molecule has 3 aromatic rings. The number of nitrogens with zero attached hydrogens (tertiary/aromatic N) is 3. The van der Waals surface area contributed by atoms with Crippen LogP contribution in [0.25, 0.3) is 0 Å². The summed E-state index contributed by atoms with van der Waals surface area (Å²) in [5.74, 6) is 2.50. The molecule has 0 spiro atoms. The van der Waals surface area contributed by atoms with Crippen LogP contribution in [0.1, 0.15) is 55.8 Å². The van der Waals surface area contributed by atoms with Gasteiger partial charge in [-0.05, 0) is 49.6 Å². The molecule has 0 bridgehead atoms. The Labute approximate surface area is 175 Å². The molecule has 2 aromatic heterocycles. The highest BCUT2D eigenvalue weighted by molar-refractivity contribution is 5.36. The molecule has 7 nitrogen and oxygen atoms in total. The van der Waals surface area contributed by atoms with E-state index in [0.29, 0.717) is 17.3 Å². The zero-order chi connectivity index (χ0) is 21.1. The second kappa shape index (κ2) is 8.77. The number of aromatic nitrogens is 3. The van der Waals surface area contributed by atoms with Crippen LogP contribution in [-0.2, 0) is 0 Å². The molecule has 156 valence electrons. The topological polar surface area (TPSA) is 103 Å². The second-order valence-electron chi connectivity index (χ2n) is 7.74. The summed E-state index contributed by atoms with van der Waals surface area (Å²) >= 11 is 0. The monoisotopic (exact) mass is 406 g/mol. The Hall–Kier alpha value is -3.03. The lowest BCUT2D eigenvalue weighted by Crippen LogP contribution is -2.43.